The molecule has 0 unspecified atom stereocenters. The fraction of sp³-hybridized carbons (Fsp3) is 0.773. The van der Waals surface area contributed by atoms with E-state index in [0.29, 0.717) is 6.04 Å². The molecule has 0 saturated carbocycles. The van der Waals surface area contributed by atoms with Crippen molar-refractivity contribution in [3.05, 3.63) is 29.6 Å². The normalized spacial score (nSPS) is 11.3. The maximum atomic E-state index is 2.42. The highest BCUT2D eigenvalue weighted by Crippen LogP contribution is 2.16. The summed E-state index contributed by atoms with van der Waals surface area (Å²) in [6, 6.07) is 2.95. The highest BCUT2D eigenvalue weighted by atomic mass is 15.0. The van der Waals surface area contributed by atoms with Gasteiger partial charge in [0.05, 0.1) is 0 Å². The van der Waals surface area contributed by atoms with Gasteiger partial charge in [-0.1, -0.05) is 65.2 Å². The SMILES string of the molecule is CCCCCCCc1cc[n+](C(C)C)cc1CCCCCCC. The molecule has 0 radical (unpaired) electrons. The minimum atomic E-state index is 0.562. The van der Waals surface area contributed by atoms with Gasteiger partial charge in [-0.05, 0) is 45.1 Å². The number of rotatable bonds is 13. The monoisotopic (exact) mass is 318 g/mol. The second kappa shape index (κ2) is 12.6. The van der Waals surface area contributed by atoms with E-state index in [9.17, 15) is 0 Å². The Labute approximate surface area is 145 Å². The summed E-state index contributed by atoms with van der Waals surface area (Å²) >= 11 is 0. The minimum absolute atomic E-state index is 0.562. The molecule has 0 amide bonds. The standard InChI is InChI=1S/C22H40N/c1-5-7-9-11-13-15-21-17-18-23(20(3)4)19-22(21)16-14-12-10-8-6-2/h17-20H,5-16H2,1-4H3/q+1. The summed E-state index contributed by atoms with van der Waals surface area (Å²) in [7, 11) is 0. The molecule has 0 spiro atoms. The number of nitrogens with zero attached hydrogens (tertiary/aromatic N) is 1. The molecule has 1 nitrogen and oxygen atoms in total. The molecule has 1 rings (SSSR count). The second-order valence-electron chi connectivity index (χ2n) is 7.36. The molecule has 0 N–H and O–H groups in total. The van der Waals surface area contributed by atoms with Gasteiger partial charge < -0.3 is 0 Å². The van der Waals surface area contributed by atoms with Crippen LogP contribution in [0.5, 0.6) is 0 Å². The third-order valence-electron chi connectivity index (χ3n) is 4.86. The van der Waals surface area contributed by atoms with E-state index in [1.165, 1.54) is 77.0 Å². The smallest absolute Gasteiger partial charge is 0.172 e. The second-order valence-corrected chi connectivity index (χ2v) is 7.36. The molecule has 0 aromatic carbocycles. The van der Waals surface area contributed by atoms with Gasteiger partial charge in [0.25, 0.3) is 0 Å². The Morgan fingerprint density at radius 1 is 0.739 bits per heavy atom. The summed E-state index contributed by atoms with van der Waals surface area (Å²) in [5.41, 5.74) is 3.21. The Morgan fingerprint density at radius 2 is 1.26 bits per heavy atom. The van der Waals surface area contributed by atoms with Crippen LogP contribution in [0.15, 0.2) is 18.5 Å². The molecule has 0 aliphatic carbocycles. The number of aryl methyl sites for hydroxylation is 2. The van der Waals surface area contributed by atoms with Crippen molar-refractivity contribution in [1.29, 1.82) is 0 Å². The summed E-state index contributed by atoms with van der Waals surface area (Å²) in [6.45, 7) is 9.13. The summed E-state index contributed by atoms with van der Waals surface area (Å²) in [6.07, 6.45) is 21.0. The van der Waals surface area contributed by atoms with Crippen LogP contribution in [0.25, 0.3) is 0 Å². The molecule has 1 heteroatoms. The molecule has 0 saturated heterocycles. The van der Waals surface area contributed by atoms with Crippen LogP contribution in [-0.2, 0) is 12.8 Å². The molecule has 0 aliphatic heterocycles. The average Bonchev–Trinajstić information content (AvgIpc) is 2.55. The maximum absolute atomic E-state index is 2.42. The van der Waals surface area contributed by atoms with Crippen molar-refractivity contribution in [2.45, 2.75) is 111 Å². The quantitative estimate of drug-likeness (QED) is 0.285. The number of hydrogen-bond donors (Lipinski definition) is 0. The molecule has 1 aromatic rings. The van der Waals surface area contributed by atoms with Gasteiger partial charge in [0.1, 0.15) is 0 Å². The Balaban J connectivity index is 2.55. The lowest BCUT2D eigenvalue weighted by Crippen LogP contribution is -2.36. The number of unbranched alkanes of at least 4 members (excludes halogenated alkanes) is 8. The van der Waals surface area contributed by atoms with Crippen LogP contribution < -0.4 is 4.57 Å². The lowest BCUT2D eigenvalue weighted by atomic mass is 9.98. The van der Waals surface area contributed by atoms with E-state index in [1.807, 2.05) is 0 Å². The third-order valence-corrected chi connectivity index (χ3v) is 4.86. The number of hydrogen-bond acceptors (Lipinski definition) is 0. The molecule has 23 heavy (non-hydrogen) atoms. The molecular formula is C22H40N+. The van der Waals surface area contributed by atoms with E-state index >= 15 is 0 Å². The van der Waals surface area contributed by atoms with Crippen LogP contribution in [0.3, 0.4) is 0 Å². The van der Waals surface area contributed by atoms with Crippen molar-refractivity contribution in [3.8, 4) is 0 Å². The Morgan fingerprint density at radius 3 is 1.78 bits per heavy atom. The summed E-state index contributed by atoms with van der Waals surface area (Å²) in [5, 5.41) is 0. The largest absolute Gasteiger partial charge is 0.203 e. The van der Waals surface area contributed by atoms with Crippen LogP contribution >= 0.6 is 0 Å². The van der Waals surface area contributed by atoms with Crippen molar-refractivity contribution in [2.24, 2.45) is 0 Å². The third kappa shape index (κ3) is 8.53. The predicted molar refractivity (Wildman–Crippen MR) is 102 cm³/mol. The van der Waals surface area contributed by atoms with Gasteiger partial charge >= 0.3 is 0 Å². The zero-order valence-corrected chi connectivity index (χ0v) is 16.2. The Hall–Kier alpha value is -0.850. The average molecular weight is 319 g/mol. The van der Waals surface area contributed by atoms with Crippen LogP contribution in [0.4, 0.5) is 0 Å². The van der Waals surface area contributed by atoms with Crippen molar-refractivity contribution in [1.82, 2.24) is 0 Å². The molecule has 1 heterocycles. The molecule has 1 aromatic heterocycles. The van der Waals surface area contributed by atoms with Crippen molar-refractivity contribution in [2.75, 3.05) is 0 Å². The lowest BCUT2D eigenvalue weighted by molar-refractivity contribution is -0.716. The molecule has 132 valence electrons. The first-order chi connectivity index (χ1) is 11.2. The fourth-order valence-corrected chi connectivity index (χ4v) is 3.22. The van der Waals surface area contributed by atoms with E-state index in [2.05, 4.69) is 50.7 Å². The van der Waals surface area contributed by atoms with Gasteiger partial charge in [0.2, 0.25) is 0 Å². The van der Waals surface area contributed by atoms with Crippen molar-refractivity contribution in [3.63, 3.8) is 0 Å². The molecule has 0 atom stereocenters. The zero-order chi connectivity index (χ0) is 16.9. The van der Waals surface area contributed by atoms with E-state index in [1.54, 1.807) is 11.1 Å². The molecule has 0 fully saturated rings. The first kappa shape index (κ1) is 20.2. The molecular weight excluding hydrogens is 278 g/mol. The minimum Gasteiger partial charge on any atom is -0.203 e. The highest BCUT2D eigenvalue weighted by molar-refractivity contribution is 5.21. The van der Waals surface area contributed by atoms with Crippen LogP contribution in [-0.4, -0.2) is 0 Å². The highest BCUT2D eigenvalue weighted by Gasteiger charge is 2.11. The van der Waals surface area contributed by atoms with Gasteiger partial charge in [0, 0.05) is 11.6 Å². The predicted octanol–water partition coefficient (Wildman–Crippen LogP) is 6.58. The van der Waals surface area contributed by atoms with E-state index in [0.717, 1.165) is 0 Å². The molecule has 0 bridgehead atoms. The van der Waals surface area contributed by atoms with Crippen LogP contribution in [0.1, 0.15) is 109 Å². The summed E-state index contributed by atoms with van der Waals surface area (Å²) in [4.78, 5) is 0. The van der Waals surface area contributed by atoms with Crippen LogP contribution in [0.2, 0.25) is 0 Å². The first-order valence-electron chi connectivity index (χ1n) is 10.2. The topological polar surface area (TPSA) is 3.88 Å². The first-order valence-corrected chi connectivity index (χ1v) is 10.2. The van der Waals surface area contributed by atoms with E-state index in [4.69, 9.17) is 0 Å². The lowest BCUT2D eigenvalue weighted by Gasteiger charge is -2.10. The Bertz CT molecular complexity index is 408. The van der Waals surface area contributed by atoms with Crippen molar-refractivity contribution < 1.29 is 4.57 Å². The van der Waals surface area contributed by atoms with Gasteiger partial charge in [0.15, 0.2) is 18.4 Å². The maximum Gasteiger partial charge on any atom is 0.172 e. The van der Waals surface area contributed by atoms with Gasteiger partial charge in [-0.3, -0.25) is 0 Å². The number of aromatic nitrogens is 1. The van der Waals surface area contributed by atoms with Gasteiger partial charge in [-0.2, -0.15) is 0 Å². The van der Waals surface area contributed by atoms with E-state index < -0.39 is 0 Å². The summed E-state index contributed by atoms with van der Waals surface area (Å²) in [5.74, 6) is 0. The summed E-state index contributed by atoms with van der Waals surface area (Å²) < 4.78 is 2.38. The molecule has 0 aliphatic rings. The fourth-order valence-electron chi connectivity index (χ4n) is 3.22. The van der Waals surface area contributed by atoms with Gasteiger partial charge in [-0.15, -0.1) is 0 Å². The Kier molecular flexibility index (Phi) is 11.0. The van der Waals surface area contributed by atoms with Crippen molar-refractivity contribution >= 4 is 0 Å². The van der Waals surface area contributed by atoms with Gasteiger partial charge in [-0.25, -0.2) is 4.57 Å². The number of pyridine rings is 1. The van der Waals surface area contributed by atoms with Crippen LogP contribution in [0, 0.1) is 0 Å². The van der Waals surface area contributed by atoms with E-state index in [-0.39, 0.29) is 0 Å². The zero-order valence-electron chi connectivity index (χ0n) is 16.2.